The number of hydrogen-bond acceptors (Lipinski definition) is 22. The van der Waals surface area contributed by atoms with Crippen molar-refractivity contribution < 1.29 is 110 Å². The van der Waals surface area contributed by atoms with Crippen molar-refractivity contribution in [3.8, 4) is 0 Å². The molecule has 3 aromatic carbocycles. The minimum absolute atomic E-state index is 0.176. The first kappa shape index (κ1) is 57.7. The van der Waals surface area contributed by atoms with Crippen LogP contribution >= 0.6 is 0 Å². The molecule has 0 unspecified atom stereocenters. The van der Waals surface area contributed by atoms with Crippen LogP contribution in [0.15, 0.2) is 84.9 Å². The molecule has 5 rings (SSSR count). The topological polar surface area (TPSA) is 459 Å². The van der Waals surface area contributed by atoms with Crippen molar-refractivity contribution in [2.24, 2.45) is 0 Å². The fourth-order valence-electron chi connectivity index (χ4n) is 8.17. The molecule has 2 aliphatic heterocycles. The van der Waals surface area contributed by atoms with E-state index in [2.05, 4.69) is 21.3 Å². The minimum atomic E-state index is -2.53. The van der Waals surface area contributed by atoms with Gasteiger partial charge in [-0.25, -0.2) is 0 Å². The summed E-state index contributed by atoms with van der Waals surface area (Å²) in [6, 6.07) is 17.1. The predicted octanol–water partition coefficient (Wildman–Crippen LogP) is -8.91. The molecular formula is C46H62N4O22. The molecule has 0 aromatic heterocycles. The highest BCUT2D eigenvalue weighted by Gasteiger charge is 2.55. The smallest absolute Gasteiger partial charge is 0.251 e. The summed E-state index contributed by atoms with van der Waals surface area (Å²) in [5, 5.41) is 176. The van der Waals surface area contributed by atoms with Gasteiger partial charge in [0.2, 0.25) is 0 Å². The van der Waals surface area contributed by atoms with Gasteiger partial charge in [0, 0.05) is 37.1 Å². The molecule has 26 nitrogen and oxygen atoms in total. The number of aliphatic hydroxyl groups is 16. The molecule has 26 heteroatoms. The SMILES string of the molecule is O=C(N[C@@H]1[C@@H](O)[C@H](O)[C@@H](CNC(=O)[C@H](O)[C@@H](O)[C@H](O)[C@H](O)CO)O[C@@]1(O)Cc1ccccc1)c1ccc(C(=O)N[C@@H]2[C@@H](O)[C@H](O)[C@@H](CNC(=O)[C@H](O)[C@@H](O)[C@H](O)[C@H](O)CO)O[C@@]2(O)Cc2ccccc2)cc1. The van der Waals surface area contributed by atoms with Crippen molar-refractivity contribution in [3.05, 3.63) is 107 Å². The Bertz CT molecular complexity index is 2080. The molecule has 18 atom stereocenters. The standard InChI is InChI=1S/C46H62N4O22/c51-19-25(53)29(55)33(59)37(63)43(67)47-17-27-31(57)35(61)39(45(69,71-27)15-21-7-3-1-4-8-21)49-41(65)23-11-13-24(14-12-23)42(66)50-40-36(62)32(58)28(72-46(40,70)16-22-9-5-2-6-10-22)18-48-44(68)38(64)34(60)30(56)26(54)20-52/h1-14,25-40,51-64,69-70H,15-20H2,(H,47,67)(H,48,68)(H,49,65)(H,50,66)/t25-,26-,27-,28-,29-,30-,31-,32-,33+,34+,35+,36+,37-,38-,39-,40-,45+,46+/m1/s1. The third kappa shape index (κ3) is 13.7. The van der Waals surface area contributed by atoms with Gasteiger partial charge in [0.05, 0.1) is 13.2 Å². The third-order valence-electron chi connectivity index (χ3n) is 12.4. The van der Waals surface area contributed by atoms with Gasteiger partial charge in [-0.3, -0.25) is 19.2 Å². The van der Waals surface area contributed by atoms with Crippen LogP contribution in [0.4, 0.5) is 0 Å². The Hall–Kier alpha value is -5.18. The number of carbonyl (C=O) groups is 4. The van der Waals surface area contributed by atoms with Crippen molar-refractivity contribution in [2.45, 2.75) is 122 Å². The summed E-state index contributed by atoms with van der Waals surface area (Å²) in [4.78, 5) is 52.8. The second kappa shape index (κ2) is 25.2. The Morgan fingerprint density at radius 3 is 1.11 bits per heavy atom. The quantitative estimate of drug-likeness (QED) is 0.0444. The molecule has 0 saturated carbocycles. The molecule has 2 fully saturated rings. The molecule has 0 spiro atoms. The monoisotopic (exact) mass is 1020 g/mol. The fourth-order valence-corrected chi connectivity index (χ4v) is 8.17. The second-order valence-corrected chi connectivity index (χ2v) is 17.6. The van der Waals surface area contributed by atoms with E-state index in [4.69, 9.17) is 19.7 Å². The van der Waals surface area contributed by atoms with Gasteiger partial charge in [-0.05, 0) is 35.4 Å². The molecule has 72 heavy (non-hydrogen) atoms. The highest BCUT2D eigenvalue weighted by atomic mass is 16.7. The summed E-state index contributed by atoms with van der Waals surface area (Å²) in [5.41, 5.74) is 0.481. The lowest BCUT2D eigenvalue weighted by molar-refractivity contribution is -0.311. The highest BCUT2D eigenvalue weighted by molar-refractivity contribution is 5.98. The summed E-state index contributed by atoms with van der Waals surface area (Å²) >= 11 is 0. The first-order chi connectivity index (χ1) is 34.0. The van der Waals surface area contributed by atoms with E-state index in [-0.39, 0.29) is 11.1 Å². The van der Waals surface area contributed by atoms with E-state index in [0.717, 1.165) is 24.3 Å². The molecule has 2 heterocycles. The van der Waals surface area contributed by atoms with Crippen LogP contribution in [-0.4, -0.2) is 241 Å². The summed E-state index contributed by atoms with van der Waals surface area (Å²) in [7, 11) is 0. The van der Waals surface area contributed by atoms with Gasteiger partial charge < -0.3 is 112 Å². The predicted molar refractivity (Wildman–Crippen MR) is 241 cm³/mol. The number of ether oxygens (including phenoxy) is 2. The maximum absolute atomic E-state index is 13.7. The summed E-state index contributed by atoms with van der Waals surface area (Å²) in [5.74, 6) is -9.70. The van der Waals surface area contributed by atoms with Crippen LogP contribution in [0, 0.1) is 0 Å². The van der Waals surface area contributed by atoms with Crippen LogP contribution in [0.3, 0.4) is 0 Å². The van der Waals surface area contributed by atoms with Crippen molar-refractivity contribution in [1.29, 1.82) is 0 Å². The van der Waals surface area contributed by atoms with Crippen LogP contribution < -0.4 is 21.3 Å². The van der Waals surface area contributed by atoms with Crippen LogP contribution in [0.2, 0.25) is 0 Å². The van der Waals surface area contributed by atoms with Gasteiger partial charge in [-0.15, -0.1) is 0 Å². The maximum atomic E-state index is 13.7. The number of nitrogens with one attached hydrogen (secondary N) is 4. The number of carbonyl (C=O) groups excluding carboxylic acids is 4. The average molecular weight is 1020 g/mol. The molecule has 20 N–H and O–H groups in total. The molecule has 2 saturated heterocycles. The van der Waals surface area contributed by atoms with Gasteiger partial charge in [0.1, 0.15) is 85.3 Å². The zero-order valence-electron chi connectivity index (χ0n) is 38.2. The molecular weight excluding hydrogens is 961 g/mol. The van der Waals surface area contributed by atoms with E-state index >= 15 is 0 Å². The second-order valence-electron chi connectivity index (χ2n) is 17.6. The normalized spacial score (nSPS) is 29.8. The molecule has 0 aliphatic carbocycles. The number of benzene rings is 3. The van der Waals surface area contributed by atoms with Gasteiger partial charge in [-0.1, -0.05) is 60.7 Å². The Labute approximate surface area is 410 Å². The lowest BCUT2D eigenvalue weighted by atomic mass is 9.86. The average Bonchev–Trinajstić information content (AvgIpc) is 3.38. The largest absolute Gasteiger partial charge is 0.394 e. The van der Waals surface area contributed by atoms with Gasteiger partial charge >= 0.3 is 0 Å². The highest BCUT2D eigenvalue weighted by Crippen LogP contribution is 2.33. The minimum Gasteiger partial charge on any atom is -0.394 e. The number of amides is 4. The first-order valence-electron chi connectivity index (χ1n) is 22.5. The Kier molecular flexibility index (Phi) is 20.2. The van der Waals surface area contributed by atoms with Crippen molar-refractivity contribution in [3.63, 3.8) is 0 Å². The van der Waals surface area contributed by atoms with Crippen molar-refractivity contribution in [2.75, 3.05) is 26.3 Å². The third-order valence-corrected chi connectivity index (χ3v) is 12.4. The Morgan fingerprint density at radius 1 is 0.486 bits per heavy atom. The fraction of sp³-hybridized carbons (Fsp3) is 0.522. The summed E-state index contributed by atoms with van der Waals surface area (Å²) in [6.07, 6.45) is -29.5. The van der Waals surface area contributed by atoms with Crippen LogP contribution in [0.5, 0.6) is 0 Å². The number of hydrogen-bond donors (Lipinski definition) is 20. The molecule has 2 aliphatic rings. The first-order valence-corrected chi connectivity index (χ1v) is 22.5. The van der Waals surface area contributed by atoms with E-state index in [0.29, 0.717) is 11.1 Å². The molecule has 398 valence electrons. The van der Waals surface area contributed by atoms with E-state index in [1.165, 1.54) is 0 Å². The van der Waals surface area contributed by atoms with Crippen molar-refractivity contribution in [1.82, 2.24) is 21.3 Å². The lowest BCUT2D eigenvalue weighted by Gasteiger charge is -2.48. The van der Waals surface area contributed by atoms with E-state index in [1.54, 1.807) is 60.7 Å². The summed E-state index contributed by atoms with van der Waals surface area (Å²) < 4.78 is 11.7. The van der Waals surface area contributed by atoms with Crippen LogP contribution in [-0.2, 0) is 31.9 Å². The molecule has 0 bridgehead atoms. The summed E-state index contributed by atoms with van der Waals surface area (Å²) in [6.45, 7) is -3.48. The van der Waals surface area contributed by atoms with E-state index in [1.807, 2.05) is 0 Å². The Balaban J connectivity index is 1.29. The molecule has 0 radical (unpaired) electrons. The molecule has 3 aromatic rings. The number of aliphatic hydroxyl groups excluding tert-OH is 14. The van der Waals surface area contributed by atoms with Gasteiger partial charge in [0.25, 0.3) is 23.6 Å². The van der Waals surface area contributed by atoms with E-state index < -0.39 is 172 Å². The Morgan fingerprint density at radius 2 is 0.806 bits per heavy atom. The van der Waals surface area contributed by atoms with E-state index in [9.17, 15) is 90.7 Å². The van der Waals surface area contributed by atoms with Crippen LogP contribution in [0.1, 0.15) is 31.8 Å². The molecule has 4 amide bonds. The van der Waals surface area contributed by atoms with Crippen molar-refractivity contribution >= 4 is 23.6 Å². The zero-order chi connectivity index (χ0) is 53.2. The maximum Gasteiger partial charge on any atom is 0.251 e. The van der Waals surface area contributed by atoms with Gasteiger partial charge in [0.15, 0.2) is 23.8 Å². The zero-order valence-corrected chi connectivity index (χ0v) is 38.2. The lowest BCUT2D eigenvalue weighted by Crippen LogP contribution is -2.71. The van der Waals surface area contributed by atoms with Gasteiger partial charge in [-0.2, -0.15) is 0 Å². The number of rotatable bonds is 22. The van der Waals surface area contributed by atoms with Crippen LogP contribution in [0.25, 0.3) is 0 Å².